The Morgan fingerprint density at radius 3 is 1.79 bits per heavy atom. The van der Waals surface area contributed by atoms with Gasteiger partial charge < -0.3 is 5.32 Å². The summed E-state index contributed by atoms with van der Waals surface area (Å²) in [4.78, 5) is 10.2. The van der Waals surface area contributed by atoms with E-state index in [1.165, 1.54) is 55.6 Å². The van der Waals surface area contributed by atoms with Crippen molar-refractivity contribution in [3.8, 4) is 33.4 Å². The van der Waals surface area contributed by atoms with Gasteiger partial charge in [0.25, 0.3) is 0 Å². The summed E-state index contributed by atoms with van der Waals surface area (Å²) in [5.41, 5.74) is 17.8. The summed E-state index contributed by atoms with van der Waals surface area (Å²) in [6.45, 7) is 4.33. The molecule has 0 aromatic heterocycles. The first-order valence-corrected chi connectivity index (χ1v) is 20.0. The van der Waals surface area contributed by atoms with Crippen LogP contribution < -0.4 is 5.32 Å². The normalized spacial score (nSPS) is 16.5. The molecule has 3 heteroatoms. The molecule has 1 aliphatic heterocycles. The van der Waals surface area contributed by atoms with Gasteiger partial charge in [0.1, 0.15) is 11.7 Å². The quantitative estimate of drug-likeness (QED) is 0.174. The van der Waals surface area contributed by atoms with Crippen molar-refractivity contribution in [1.82, 2.24) is 5.32 Å². The summed E-state index contributed by atoms with van der Waals surface area (Å²) in [7, 11) is 0. The van der Waals surface area contributed by atoms with Crippen LogP contribution in [0.2, 0.25) is 0 Å². The van der Waals surface area contributed by atoms with E-state index in [2.05, 4.69) is 201 Å². The fourth-order valence-electron chi connectivity index (χ4n) is 8.98. The van der Waals surface area contributed by atoms with Gasteiger partial charge in [-0.25, -0.2) is 9.98 Å². The topological polar surface area (TPSA) is 36.8 Å². The third-order valence-corrected chi connectivity index (χ3v) is 11.8. The van der Waals surface area contributed by atoms with E-state index in [1.807, 2.05) is 6.07 Å². The van der Waals surface area contributed by atoms with Crippen LogP contribution in [0.3, 0.4) is 0 Å². The molecular weight excluding hydrogens is 691 g/mol. The predicted molar refractivity (Wildman–Crippen MR) is 237 cm³/mol. The Morgan fingerprint density at radius 1 is 0.509 bits per heavy atom. The molecule has 7 aromatic rings. The molecule has 3 aliphatic rings. The zero-order valence-corrected chi connectivity index (χ0v) is 32.3. The number of nitrogens with one attached hydrogen (secondary N) is 1. The van der Waals surface area contributed by atoms with Crippen LogP contribution >= 0.6 is 0 Å². The lowest BCUT2D eigenvalue weighted by atomic mass is 9.67. The van der Waals surface area contributed by atoms with Gasteiger partial charge in [0.2, 0.25) is 0 Å². The van der Waals surface area contributed by atoms with Crippen LogP contribution in [0.25, 0.3) is 33.4 Å². The number of benzene rings is 7. The minimum absolute atomic E-state index is 0.323. The predicted octanol–water partition coefficient (Wildman–Crippen LogP) is 12.7. The number of aryl methyl sites for hydroxylation is 2. The van der Waals surface area contributed by atoms with Crippen molar-refractivity contribution in [3.63, 3.8) is 0 Å². The molecule has 0 saturated heterocycles. The number of allylic oxidation sites excluding steroid dienone is 2. The van der Waals surface area contributed by atoms with Gasteiger partial charge >= 0.3 is 0 Å². The Bertz CT molecular complexity index is 2720. The number of fused-ring (bicyclic) bond motifs is 3. The second kappa shape index (κ2) is 14.3. The maximum absolute atomic E-state index is 5.17. The van der Waals surface area contributed by atoms with E-state index in [4.69, 9.17) is 9.98 Å². The molecule has 0 saturated carbocycles. The fraction of sp³-hybridized carbons (Fsp3) is 0.111. The molecule has 1 atom stereocenters. The molecule has 0 bridgehead atoms. The number of rotatable bonds is 7. The number of aliphatic imine (C=N–C) groups is 2. The van der Waals surface area contributed by atoms with Crippen molar-refractivity contribution < 1.29 is 0 Å². The molecule has 1 N–H and O–H groups in total. The standard InChI is InChI=1S/C54H43N3/c1-36-26-30-44(31-27-36)54(45-32-28-37(2)29-33-45)48-24-10-9-22-47(48)50-46(23-13-25-49(50)54)42-20-11-18-40(34-42)41-19-12-21-43(35-41)53-56-51(38-14-5-3-6-15-38)55-52(57-53)39-16-7-4-8-17-39/h3,5-7,9-35,51H,4,8H2,1-2H3,(H,55,56,57). The molecule has 7 aromatic carbocycles. The molecule has 57 heavy (non-hydrogen) atoms. The van der Waals surface area contributed by atoms with Crippen LogP contribution in [-0.4, -0.2) is 11.7 Å². The van der Waals surface area contributed by atoms with Crippen LogP contribution in [0.4, 0.5) is 0 Å². The molecule has 1 heterocycles. The second-order valence-corrected chi connectivity index (χ2v) is 15.4. The summed E-state index contributed by atoms with van der Waals surface area (Å²) < 4.78 is 0. The van der Waals surface area contributed by atoms with E-state index in [1.54, 1.807) is 0 Å². The maximum atomic E-state index is 5.17. The monoisotopic (exact) mass is 733 g/mol. The van der Waals surface area contributed by atoms with Gasteiger partial charge in [0, 0.05) is 11.1 Å². The average molecular weight is 734 g/mol. The molecule has 0 radical (unpaired) electrons. The number of amidine groups is 2. The molecule has 0 amide bonds. The second-order valence-electron chi connectivity index (χ2n) is 15.4. The van der Waals surface area contributed by atoms with Gasteiger partial charge in [-0.05, 0) is 100 Å². The number of nitrogens with zero attached hydrogens (tertiary/aromatic N) is 2. The van der Waals surface area contributed by atoms with Crippen LogP contribution in [0.15, 0.2) is 204 Å². The third-order valence-electron chi connectivity index (χ3n) is 11.8. The number of hydrogen-bond donors (Lipinski definition) is 1. The summed E-state index contributed by atoms with van der Waals surface area (Å²) >= 11 is 0. The van der Waals surface area contributed by atoms with E-state index < -0.39 is 5.41 Å². The van der Waals surface area contributed by atoms with Crippen LogP contribution in [0.5, 0.6) is 0 Å². The molecule has 0 fully saturated rings. The van der Waals surface area contributed by atoms with Crippen molar-refractivity contribution in [3.05, 3.63) is 238 Å². The Kier molecular flexibility index (Phi) is 8.72. The summed E-state index contributed by atoms with van der Waals surface area (Å²) in [6.07, 6.45) is 8.41. The number of hydrogen-bond acceptors (Lipinski definition) is 3. The van der Waals surface area contributed by atoms with Gasteiger partial charge in [-0.3, -0.25) is 0 Å². The Labute approximate surface area is 335 Å². The minimum atomic E-state index is -0.452. The van der Waals surface area contributed by atoms with Gasteiger partial charge in [0.05, 0.1) is 5.41 Å². The van der Waals surface area contributed by atoms with Gasteiger partial charge in [0.15, 0.2) is 6.17 Å². The van der Waals surface area contributed by atoms with Crippen molar-refractivity contribution in [1.29, 1.82) is 0 Å². The zero-order valence-electron chi connectivity index (χ0n) is 32.3. The van der Waals surface area contributed by atoms with Crippen LogP contribution in [-0.2, 0) is 5.41 Å². The molecule has 0 spiro atoms. The lowest BCUT2D eigenvalue weighted by Gasteiger charge is -2.34. The lowest BCUT2D eigenvalue weighted by Crippen LogP contribution is -2.36. The summed E-state index contributed by atoms with van der Waals surface area (Å²) in [6, 6.07) is 62.4. The van der Waals surface area contributed by atoms with E-state index in [0.29, 0.717) is 0 Å². The third kappa shape index (κ3) is 6.07. The molecule has 10 rings (SSSR count). The Balaban J connectivity index is 1.08. The van der Waals surface area contributed by atoms with Gasteiger partial charge in [-0.1, -0.05) is 187 Å². The van der Waals surface area contributed by atoms with Crippen molar-refractivity contribution in [2.24, 2.45) is 9.98 Å². The highest BCUT2D eigenvalue weighted by molar-refractivity contribution is 6.17. The molecule has 2 aliphatic carbocycles. The van der Waals surface area contributed by atoms with Crippen LogP contribution in [0, 0.1) is 13.8 Å². The Hall–Kier alpha value is -6.84. The van der Waals surface area contributed by atoms with E-state index in [9.17, 15) is 0 Å². The average Bonchev–Trinajstić information content (AvgIpc) is 3.58. The van der Waals surface area contributed by atoms with E-state index in [-0.39, 0.29) is 6.17 Å². The smallest absolute Gasteiger partial charge is 0.169 e. The minimum Gasteiger partial charge on any atom is -0.324 e. The first-order valence-electron chi connectivity index (χ1n) is 20.0. The highest BCUT2D eigenvalue weighted by Gasteiger charge is 2.46. The van der Waals surface area contributed by atoms with Crippen molar-refractivity contribution in [2.75, 3.05) is 0 Å². The lowest BCUT2D eigenvalue weighted by molar-refractivity contribution is 0.755. The van der Waals surface area contributed by atoms with Gasteiger partial charge in [-0.2, -0.15) is 0 Å². The zero-order chi connectivity index (χ0) is 38.3. The SMILES string of the molecule is Cc1ccc(C2(c3ccc(C)cc3)c3ccccc3-c3c(-c4cccc(-c5cccc(C6=NC(c7ccccc7)N=C(C7=CCCC=C7)N6)c5)c4)cccc32)cc1. The molecule has 3 nitrogen and oxygen atoms in total. The molecular formula is C54H43N3. The van der Waals surface area contributed by atoms with Crippen LogP contribution in [0.1, 0.15) is 63.5 Å². The van der Waals surface area contributed by atoms with E-state index in [0.717, 1.165) is 52.3 Å². The largest absolute Gasteiger partial charge is 0.324 e. The molecule has 1 unspecified atom stereocenters. The first kappa shape index (κ1) is 34.6. The maximum Gasteiger partial charge on any atom is 0.169 e. The van der Waals surface area contributed by atoms with Crippen molar-refractivity contribution in [2.45, 2.75) is 38.3 Å². The summed E-state index contributed by atoms with van der Waals surface area (Å²) in [5.74, 6) is 1.69. The van der Waals surface area contributed by atoms with Gasteiger partial charge in [-0.15, -0.1) is 0 Å². The first-order chi connectivity index (χ1) is 28.1. The summed E-state index contributed by atoms with van der Waals surface area (Å²) in [5, 5.41) is 3.61. The fourth-order valence-corrected chi connectivity index (χ4v) is 8.98. The van der Waals surface area contributed by atoms with E-state index >= 15 is 0 Å². The highest BCUT2D eigenvalue weighted by Crippen LogP contribution is 2.58. The molecule has 274 valence electrons. The van der Waals surface area contributed by atoms with Crippen molar-refractivity contribution >= 4 is 11.7 Å². The Morgan fingerprint density at radius 2 is 1.09 bits per heavy atom. The highest BCUT2D eigenvalue weighted by atomic mass is 15.2.